The molecule has 11 nitrogen and oxygen atoms in total. The third-order valence-corrected chi connectivity index (χ3v) is 9.15. The molecule has 0 aromatic heterocycles. The van der Waals surface area contributed by atoms with E-state index in [0.717, 1.165) is 64.2 Å². The Morgan fingerprint density at radius 2 is 1.07 bits per heavy atom. The number of terminal acetylenes is 1. The second-order valence-electron chi connectivity index (χ2n) is 14.6. The fourth-order valence-electron chi connectivity index (χ4n) is 5.79. The van der Waals surface area contributed by atoms with Gasteiger partial charge in [-0.1, -0.05) is 137 Å². The number of unbranched alkanes of at least 4 members (excludes halogenated alkanes) is 13. The summed E-state index contributed by atoms with van der Waals surface area (Å²) in [5.41, 5.74) is 0. The molecule has 0 saturated carbocycles. The van der Waals surface area contributed by atoms with Crippen molar-refractivity contribution in [3.05, 3.63) is 36.5 Å². The number of carbonyl (C=O) groups is 2. The lowest BCUT2D eigenvalue weighted by atomic mass is 10.0. The first-order valence-electron chi connectivity index (χ1n) is 21.0. The van der Waals surface area contributed by atoms with Crippen molar-refractivity contribution in [3.63, 3.8) is 0 Å². The van der Waals surface area contributed by atoms with E-state index in [2.05, 4.69) is 35.5 Å². The number of hydrogen-bond donors (Lipinski definition) is 9. The summed E-state index contributed by atoms with van der Waals surface area (Å²) in [6.45, 7) is 0. The van der Waals surface area contributed by atoms with Crippen LogP contribution >= 0.6 is 0 Å². The predicted octanol–water partition coefficient (Wildman–Crippen LogP) is 4.81. The van der Waals surface area contributed by atoms with Gasteiger partial charge in [0.2, 0.25) is 0 Å². The van der Waals surface area contributed by atoms with Crippen LogP contribution in [-0.2, 0) is 9.59 Å². The number of Topliss-reactive ketones (excluding diaryl/α,β-unsaturated/α-hetero) is 1. The van der Waals surface area contributed by atoms with Crippen molar-refractivity contribution in [2.75, 3.05) is 0 Å². The van der Waals surface area contributed by atoms with Crippen LogP contribution in [0.5, 0.6) is 0 Å². The Balaban J connectivity index is 3.82. The van der Waals surface area contributed by atoms with Crippen molar-refractivity contribution in [1.82, 2.24) is 0 Å². The molecule has 9 N–H and O–H groups in total. The molecule has 0 aliphatic heterocycles. The van der Waals surface area contributed by atoms with E-state index in [0.29, 0.717) is 38.5 Å². The maximum Gasteiger partial charge on any atom is 0.381 e. The minimum Gasteiger partial charge on any atom is -0.472 e. The summed E-state index contributed by atoms with van der Waals surface area (Å²) in [6, 6.07) is 0. The van der Waals surface area contributed by atoms with Crippen molar-refractivity contribution in [1.29, 1.82) is 0 Å². The highest BCUT2D eigenvalue weighted by Gasteiger charge is 2.14. The van der Waals surface area contributed by atoms with Gasteiger partial charge in [-0.25, -0.2) is 4.79 Å². The Morgan fingerprint density at radius 3 is 1.66 bits per heavy atom. The van der Waals surface area contributed by atoms with Gasteiger partial charge in [0.05, 0.1) is 12.2 Å². The number of aliphatic carboxylic acids is 1. The van der Waals surface area contributed by atoms with Gasteiger partial charge in [0.15, 0.2) is 11.9 Å². The van der Waals surface area contributed by atoms with Gasteiger partial charge in [-0.15, -0.1) is 6.42 Å². The summed E-state index contributed by atoms with van der Waals surface area (Å²) in [4.78, 5) is 22.7. The van der Waals surface area contributed by atoms with E-state index in [1.807, 2.05) is 18.1 Å². The van der Waals surface area contributed by atoms with E-state index >= 15 is 0 Å². The SMILES string of the molecule is C#C[C@@H](O)C=C[C@H](O)CC=CC[C@H](O)C#C[C@@H](O)C#C[C@@H](O)CCCC=CCCC[C@@H](O)C(=O)CCCCCCCCCCCCCC[C@@H](O)C[C@H](O)C#CC(=O)O. The van der Waals surface area contributed by atoms with Crippen LogP contribution in [0.2, 0.25) is 0 Å². The molecule has 58 heavy (non-hydrogen) atoms. The van der Waals surface area contributed by atoms with E-state index in [9.17, 15) is 50.4 Å². The van der Waals surface area contributed by atoms with Crippen LogP contribution in [0.15, 0.2) is 36.5 Å². The fraction of sp³-hybridized carbons (Fsp3) is 0.660. The average Bonchev–Trinajstić information content (AvgIpc) is 3.19. The van der Waals surface area contributed by atoms with Crippen LogP contribution in [0.25, 0.3) is 0 Å². The van der Waals surface area contributed by atoms with Crippen molar-refractivity contribution < 1.29 is 55.5 Å². The molecule has 0 aromatic rings. The maximum absolute atomic E-state index is 12.3. The van der Waals surface area contributed by atoms with E-state index in [4.69, 9.17) is 11.5 Å². The first-order chi connectivity index (χ1) is 27.8. The molecule has 0 unspecified atom stereocenters. The van der Waals surface area contributed by atoms with Gasteiger partial charge in [0.25, 0.3) is 0 Å². The maximum atomic E-state index is 12.3. The number of allylic oxidation sites excluding steroid dienone is 2. The second kappa shape index (κ2) is 37.5. The molecule has 0 aromatic carbocycles. The highest BCUT2D eigenvalue weighted by Crippen LogP contribution is 2.15. The quantitative estimate of drug-likeness (QED) is 0.0255. The van der Waals surface area contributed by atoms with Crippen molar-refractivity contribution in [3.8, 4) is 47.9 Å². The predicted molar refractivity (Wildman–Crippen MR) is 226 cm³/mol. The third-order valence-electron chi connectivity index (χ3n) is 9.15. The summed E-state index contributed by atoms with van der Waals surface area (Å²) in [6.07, 6.45) is 25.4. The zero-order valence-electron chi connectivity index (χ0n) is 34.3. The Labute approximate surface area is 347 Å². The van der Waals surface area contributed by atoms with Crippen LogP contribution in [-0.4, -0.2) is 107 Å². The van der Waals surface area contributed by atoms with Gasteiger partial charge < -0.3 is 46.0 Å². The minimum absolute atomic E-state index is 0.0669. The summed E-state index contributed by atoms with van der Waals surface area (Å²) in [5, 5.41) is 87.2. The van der Waals surface area contributed by atoms with Crippen molar-refractivity contribution >= 4 is 11.8 Å². The summed E-state index contributed by atoms with van der Waals surface area (Å²) < 4.78 is 0. The lowest BCUT2D eigenvalue weighted by Crippen LogP contribution is -2.19. The zero-order valence-corrected chi connectivity index (χ0v) is 34.3. The van der Waals surface area contributed by atoms with Gasteiger partial charge in [-0.05, 0) is 63.9 Å². The van der Waals surface area contributed by atoms with E-state index in [-0.39, 0.29) is 25.0 Å². The standard InChI is InChI=1S/C47H70O11/c1-2-38(48)29-30-40(50)24-21-22-25-41(51)32-34-42(52)33-31-39(49)23-17-13-11-12-16-20-28-46(56)45(55)27-19-15-10-8-6-4-3-5-7-9-14-18-26-43(53)37-44(54)35-36-47(57)58/h1,11-12,21-22,29-30,38-44,46,48-54,56H,3-10,13-20,23-28,37H2,(H,57,58)/t38-,39+,40-,41+,42+,43-,44-,46-/m1/s1. The number of hydrogen-bond acceptors (Lipinski definition) is 10. The van der Waals surface area contributed by atoms with E-state index < -0.39 is 54.8 Å². The first-order valence-corrected chi connectivity index (χ1v) is 21.0. The molecule has 324 valence electrons. The zero-order chi connectivity index (χ0) is 43.2. The van der Waals surface area contributed by atoms with Gasteiger partial charge in [0, 0.05) is 25.2 Å². The highest BCUT2D eigenvalue weighted by atomic mass is 16.4. The van der Waals surface area contributed by atoms with Gasteiger partial charge in [-0.2, -0.15) is 0 Å². The number of carboxylic acids is 1. The van der Waals surface area contributed by atoms with Crippen LogP contribution < -0.4 is 0 Å². The van der Waals surface area contributed by atoms with Gasteiger partial charge >= 0.3 is 5.97 Å². The Kier molecular flexibility index (Phi) is 35.1. The Bertz CT molecular complexity index is 1410. The van der Waals surface area contributed by atoms with Gasteiger partial charge in [-0.3, -0.25) is 4.79 Å². The fourth-order valence-corrected chi connectivity index (χ4v) is 5.79. The van der Waals surface area contributed by atoms with Crippen LogP contribution in [0.4, 0.5) is 0 Å². The molecule has 0 spiro atoms. The first kappa shape index (κ1) is 54.3. The molecular weight excluding hydrogens is 741 g/mol. The lowest BCUT2D eigenvalue weighted by molar-refractivity contribution is -0.130. The van der Waals surface area contributed by atoms with Crippen LogP contribution in [0.1, 0.15) is 148 Å². The Hall–Kier alpha value is -3.72. The lowest BCUT2D eigenvalue weighted by Gasteiger charge is -2.11. The smallest absolute Gasteiger partial charge is 0.381 e. The number of carbonyl (C=O) groups excluding carboxylic acids is 1. The largest absolute Gasteiger partial charge is 0.472 e. The van der Waals surface area contributed by atoms with E-state index in [1.165, 1.54) is 37.8 Å². The normalized spacial score (nSPS) is 15.5. The number of rotatable bonds is 32. The monoisotopic (exact) mass is 810 g/mol. The molecule has 11 heteroatoms. The van der Waals surface area contributed by atoms with E-state index in [1.54, 1.807) is 12.2 Å². The molecule has 0 aliphatic rings. The number of aliphatic hydroxyl groups is 8. The topological polar surface area (TPSA) is 216 Å². The molecule has 0 fully saturated rings. The Morgan fingerprint density at radius 1 is 0.534 bits per heavy atom. The molecule has 0 aliphatic carbocycles. The van der Waals surface area contributed by atoms with Gasteiger partial charge in [0.1, 0.15) is 30.5 Å². The number of aliphatic hydroxyl groups excluding tert-OH is 8. The highest BCUT2D eigenvalue weighted by molar-refractivity contribution is 5.86. The number of carboxylic acid groups (broad SMARTS) is 1. The molecule has 0 amide bonds. The number of ketones is 1. The average molecular weight is 811 g/mol. The second-order valence-corrected chi connectivity index (χ2v) is 14.6. The van der Waals surface area contributed by atoms with Crippen molar-refractivity contribution in [2.24, 2.45) is 0 Å². The molecule has 8 atom stereocenters. The van der Waals surface area contributed by atoms with Crippen LogP contribution in [0.3, 0.4) is 0 Å². The molecular formula is C47H70O11. The summed E-state index contributed by atoms with van der Waals surface area (Å²) in [7, 11) is 0. The minimum atomic E-state index is -1.31. The molecule has 0 heterocycles. The molecule has 0 saturated heterocycles. The molecule has 0 rings (SSSR count). The molecule has 0 radical (unpaired) electrons. The third kappa shape index (κ3) is 36.6. The summed E-state index contributed by atoms with van der Waals surface area (Å²) in [5.74, 6) is 14.8. The molecule has 0 bridgehead atoms. The summed E-state index contributed by atoms with van der Waals surface area (Å²) >= 11 is 0. The van der Waals surface area contributed by atoms with Crippen LogP contribution in [0, 0.1) is 47.9 Å². The van der Waals surface area contributed by atoms with Crippen molar-refractivity contribution in [2.45, 2.75) is 197 Å².